The number of anilines is 2. The van der Waals surface area contributed by atoms with E-state index in [2.05, 4.69) is 15.6 Å². The van der Waals surface area contributed by atoms with Crippen LogP contribution in [0.3, 0.4) is 0 Å². The fourth-order valence-electron chi connectivity index (χ4n) is 3.75. The molecule has 1 aliphatic heterocycles. The molecule has 4 N–H and O–H groups in total. The summed E-state index contributed by atoms with van der Waals surface area (Å²) in [6.07, 6.45) is 0. The van der Waals surface area contributed by atoms with Gasteiger partial charge in [0.25, 0.3) is 5.91 Å². The Bertz CT molecular complexity index is 1580. The Morgan fingerprint density at radius 1 is 0.949 bits per heavy atom. The van der Waals surface area contributed by atoms with Crippen LogP contribution in [0.5, 0.6) is 0 Å². The molecular weight excluding hydrogens is 534 g/mol. The maximum atomic E-state index is 13.4. The first kappa shape index (κ1) is 28.1. The van der Waals surface area contributed by atoms with Crippen molar-refractivity contribution >= 4 is 55.7 Å². The van der Waals surface area contributed by atoms with Gasteiger partial charge in [-0.3, -0.25) is 9.59 Å². The normalized spacial score (nSPS) is 16.5. The van der Waals surface area contributed by atoms with Crippen LogP contribution in [0.1, 0.15) is 11.1 Å². The number of sulfonamides is 1. The van der Waals surface area contributed by atoms with Crippen LogP contribution in [0.2, 0.25) is 0 Å². The Labute approximate surface area is 232 Å². The third-order valence-corrected chi connectivity index (χ3v) is 9.05. The number of carbonyl (C=O) groups is 2. The molecule has 0 saturated heterocycles. The van der Waals surface area contributed by atoms with Gasteiger partial charge in [0.15, 0.2) is 0 Å². The maximum absolute atomic E-state index is 13.4. The van der Waals surface area contributed by atoms with E-state index < -0.39 is 27.1 Å². The van der Waals surface area contributed by atoms with Gasteiger partial charge in [-0.05, 0) is 55.8 Å². The Balaban J connectivity index is 1.68. The molecule has 39 heavy (non-hydrogen) atoms. The summed E-state index contributed by atoms with van der Waals surface area (Å²) in [5, 5.41) is 4.96. The molecule has 0 aliphatic carbocycles. The minimum absolute atomic E-state index is 0.0422. The molecular formula is C28H29N5O4S2. The lowest BCUT2D eigenvalue weighted by molar-refractivity contribution is -0.115. The molecule has 0 aromatic heterocycles. The molecule has 1 atom stereocenters. The number of nitrogens with one attached hydrogen (secondary N) is 2. The summed E-state index contributed by atoms with van der Waals surface area (Å²) in [6, 6.07) is 20.9. The number of carbonyl (C=O) groups excluding carboxylic acids is 2. The molecule has 0 saturated carbocycles. The van der Waals surface area contributed by atoms with Crippen LogP contribution in [0.4, 0.5) is 17.1 Å². The van der Waals surface area contributed by atoms with Crippen molar-refractivity contribution in [3.8, 4) is 0 Å². The zero-order chi connectivity index (χ0) is 28.3. The van der Waals surface area contributed by atoms with Gasteiger partial charge in [0, 0.05) is 31.2 Å². The van der Waals surface area contributed by atoms with Gasteiger partial charge >= 0.3 is 0 Å². The highest BCUT2D eigenvalue weighted by molar-refractivity contribution is 8.16. The lowest BCUT2D eigenvalue weighted by atomic mass is 10.1. The van der Waals surface area contributed by atoms with E-state index in [4.69, 9.17) is 5.73 Å². The molecule has 0 unspecified atom stereocenters. The number of nitrogens with zero attached hydrogens (tertiary/aromatic N) is 2. The second-order valence-corrected chi connectivity index (χ2v) is 12.4. The topological polar surface area (TPSA) is 134 Å². The molecule has 4 rings (SSSR count). The van der Waals surface area contributed by atoms with Gasteiger partial charge in [-0.1, -0.05) is 53.7 Å². The number of benzene rings is 3. The zero-order valence-electron chi connectivity index (χ0n) is 21.9. The van der Waals surface area contributed by atoms with Crippen LogP contribution in [-0.4, -0.2) is 48.9 Å². The number of hydrogen-bond donors (Lipinski definition) is 3. The number of aryl methyl sites for hydroxylation is 2. The third kappa shape index (κ3) is 6.22. The van der Waals surface area contributed by atoms with Gasteiger partial charge < -0.3 is 16.4 Å². The molecule has 9 nitrogen and oxygen atoms in total. The second kappa shape index (κ2) is 11.4. The molecule has 3 aromatic carbocycles. The number of para-hydroxylation sites is 1. The Hall–Kier alpha value is -3.93. The molecule has 0 spiro atoms. The summed E-state index contributed by atoms with van der Waals surface area (Å²) in [5.41, 5.74) is 9.85. The molecule has 11 heteroatoms. The van der Waals surface area contributed by atoms with Crippen LogP contribution in [0.25, 0.3) is 0 Å². The van der Waals surface area contributed by atoms with Crippen molar-refractivity contribution in [3.05, 3.63) is 95.2 Å². The van der Waals surface area contributed by atoms with Crippen LogP contribution in [0.15, 0.2) is 94.0 Å². The Morgan fingerprint density at radius 2 is 1.62 bits per heavy atom. The van der Waals surface area contributed by atoms with Crippen molar-refractivity contribution in [1.29, 1.82) is 0 Å². The third-order valence-electron chi connectivity index (χ3n) is 6.02. The van der Waals surface area contributed by atoms with Gasteiger partial charge in [0.05, 0.1) is 16.2 Å². The van der Waals surface area contributed by atoms with E-state index in [1.165, 1.54) is 26.2 Å². The maximum Gasteiger partial charge on any atom is 0.260 e. The van der Waals surface area contributed by atoms with E-state index in [1.54, 1.807) is 37.3 Å². The number of nitrogens with two attached hydrogens (primary N) is 1. The number of amides is 2. The highest BCUT2D eigenvalue weighted by atomic mass is 32.2. The van der Waals surface area contributed by atoms with Gasteiger partial charge in [-0.15, -0.1) is 0 Å². The van der Waals surface area contributed by atoms with Crippen molar-refractivity contribution in [2.75, 3.05) is 24.7 Å². The summed E-state index contributed by atoms with van der Waals surface area (Å²) >= 11 is 1.06. The van der Waals surface area contributed by atoms with Gasteiger partial charge in [0.1, 0.15) is 10.3 Å². The molecule has 1 heterocycles. The predicted molar refractivity (Wildman–Crippen MR) is 157 cm³/mol. The molecule has 3 aromatic rings. The lowest BCUT2D eigenvalue weighted by Crippen LogP contribution is -2.30. The first-order valence-corrected chi connectivity index (χ1v) is 14.3. The van der Waals surface area contributed by atoms with Crippen molar-refractivity contribution in [2.24, 2.45) is 10.7 Å². The molecule has 0 radical (unpaired) electrons. The SMILES string of the molecule is Cc1ccc(N=C2S[C@H](C(=O)Nc3cc(S(=O)(=O)N(C)C)ccc3C)C(N)=C2C(=O)Nc2ccccc2)cc1. The molecule has 0 bridgehead atoms. The van der Waals surface area contributed by atoms with Gasteiger partial charge in [0.2, 0.25) is 15.9 Å². The Morgan fingerprint density at radius 3 is 2.26 bits per heavy atom. The number of hydrogen-bond acceptors (Lipinski definition) is 7. The minimum Gasteiger partial charge on any atom is -0.400 e. The monoisotopic (exact) mass is 563 g/mol. The van der Waals surface area contributed by atoms with Crippen LogP contribution in [-0.2, 0) is 19.6 Å². The van der Waals surface area contributed by atoms with E-state index in [9.17, 15) is 18.0 Å². The second-order valence-electron chi connectivity index (χ2n) is 9.15. The number of thioether (sulfide) groups is 1. The average Bonchev–Trinajstić information content (AvgIpc) is 3.22. The van der Waals surface area contributed by atoms with Crippen molar-refractivity contribution in [1.82, 2.24) is 4.31 Å². The number of rotatable bonds is 7. The van der Waals surface area contributed by atoms with Crippen LogP contribution in [0, 0.1) is 13.8 Å². The van der Waals surface area contributed by atoms with Crippen molar-refractivity contribution in [3.63, 3.8) is 0 Å². The first-order valence-electron chi connectivity index (χ1n) is 12.0. The van der Waals surface area contributed by atoms with Gasteiger partial charge in [-0.25, -0.2) is 17.7 Å². The summed E-state index contributed by atoms with van der Waals surface area (Å²) in [5.74, 6) is -0.985. The Kier molecular flexibility index (Phi) is 8.24. The molecule has 1 aliphatic rings. The van der Waals surface area contributed by atoms with E-state index in [1.807, 2.05) is 37.3 Å². The average molecular weight is 564 g/mol. The summed E-state index contributed by atoms with van der Waals surface area (Å²) in [7, 11) is -0.836. The fourth-order valence-corrected chi connectivity index (χ4v) is 5.80. The van der Waals surface area contributed by atoms with E-state index in [0.717, 1.165) is 21.6 Å². The summed E-state index contributed by atoms with van der Waals surface area (Å²) in [4.78, 5) is 31.5. The van der Waals surface area contributed by atoms with E-state index in [0.29, 0.717) is 27.7 Å². The van der Waals surface area contributed by atoms with Crippen LogP contribution >= 0.6 is 11.8 Å². The lowest BCUT2D eigenvalue weighted by Gasteiger charge is -2.16. The highest BCUT2D eigenvalue weighted by Crippen LogP contribution is 2.36. The van der Waals surface area contributed by atoms with Crippen LogP contribution < -0.4 is 16.4 Å². The highest BCUT2D eigenvalue weighted by Gasteiger charge is 2.38. The standard InChI is InChI=1S/C28H29N5O4S2/c1-17-10-13-20(14-11-17)31-28-23(26(34)30-19-8-6-5-7-9-19)24(29)25(38-28)27(35)32-22-16-21(15-12-18(22)2)39(36,37)33(3)4/h5-16,25H,29H2,1-4H3,(H,30,34)(H,32,35)/t25-/m0/s1. The quantitative estimate of drug-likeness (QED) is 0.395. The van der Waals surface area contributed by atoms with Crippen molar-refractivity contribution < 1.29 is 18.0 Å². The minimum atomic E-state index is -3.71. The van der Waals surface area contributed by atoms with Gasteiger partial charge in [-0.2, -0.15) is 0 Å². The predicted octanol–water partition coefficient (Wildman–Crippen LogP) is 4.19. The number of aliphatic imine (C=N–C) groups is 1. The van der Waals surface area contributed by atoms with E-state index >= 15 is 0 Å². The molecule has 0 fully saturated rings. The smallest absolute Gasteiger partial charge is 0.260 e. The first-order chi connectivity index (χ1) is 18.5. The zero-order valence-corrected chi connectivity index (χ0v) is 23.6. The summed E-state index contributed by atoms with van der Waals surface area (Å²) in [6.45, 7) is 3.71. The molecule has 202 valence electrons. The van der Waals surface area contributed by atoms with Crippen molar-refractivity contribution in [2.45, 2.75) is 24.0 Å². The fraction of sp³-hybridized carbons (Fsp3) is 0.179. The largest absolute Gasteiger partial charge is 0.400 e. The van der Waals surface area contributed by atoms with E-state index in [-0.39, 0.29) is 16.2 Å². The molecule has 2 amide bonds. The summed E-state index contributed by atoms with van der Waals surface area (Å²) < 4.78 is 26.3.